The molecular weight excluding hydrogens is 370 g/mol. The number of hydrogen-bond acceptors (Lipinski definition) is 4. The van der Waals surface area contributed by atoms with Crippen LogP contribution in [0.15, 0.2) is 29.2 Å². The number of benzene rings is 1. The SMILES string of the molecule is O=C(CSc1ccccc1Cl)N1CCN(CC(=O)N2CCCCC2)CC1. The van der Waals surface area contributed by atoms with Crippen molar-refractivity contribution in [3.8, 4) is 0 Å². The molecule has 2 aliphatic rings. The Balaban J connectivity index is 1.39. The lowest BCUT2D eigenvalue weighted by atomic mass is 10.1. The molecule has 0 aliphatic carbocycles. The first kappa shape index (κ1) is 19.5. The molecule has 0 unspecified atom stereocenters. The van der Waals surface area contributed by atoms with Crippen molar-refractivity contribution in [2.75, 3.05) is 51.6 Å². The van der Waals surface area contributed by atoms with Crippen LogP contribution in [-0.4, -0.2) is 78.1 Å². The summed E-state index contributed by atoms with van der Waals surface area (Å²) in [4.78, 5) is 31.8. The first-order valence-corrected chi connectivity index (χ1v) is 10.6. The number of halogens is 1. The van der Waals surface area contributed by atoms with Gasteiger partial charge in [-0.15, -0.1) is 11.8 Å². The third-order valence-corrected chi connectivity index (χ3v) is 6.48. The molecule has 2 saturated heterocycles. The van der Waals surface area contributed by atoms with Crippen LogP contribution >= 0.6 is 23.4 Å². The molecule has 2 heterocycles. The van der Waals surface area contributed by atoms with Crippen LogP contribution in [0.2, 0.25) is 5.02 Å². The minimum Gasteiger partial charge on any atom is -0.342 e. The van der Waals surface area contributed by atoms with Crippen LogP contribution < -0.4 is 0 Å². The normalized spacial score (nSPS) is 18.8. The number of hydrogen-bond donors (Lipinski definition) is 0. The van der Waals surface area contributed by atoms with E-state index in [0.717, 1.165) is 43.9 Å². The summed E-state index contributed by atoms with van der Waals surface area (Å²) < 4.78 is 0. The fourth-order valence-electron chi connectivity index (χ4n) is 3.38. The Morgan fingerprint density at radius 2 is 1.54 bits per heavy atom. The van der Waals surface area contributed by atoms with Crippen LogP contribution in [0, 0.1) is 0 Å². The Bertz CT molecular complexity index is 629. The minimum atomic E-state index is 0.136. The highest BCUT2D eigenvalue weighted by molar-refractivity contribution is 8.00. The van der Waals surface area contributed by atoms with Gasteiger partial charge in [0, 0.05) is 44.2 Å². The molecule has 26 heavy (non-hydrogen) atoms. The molecule has 0 atom stereocenters. The first-order chi connectivity index (χ1) is 12.6. The molecule has 5 nitrogen and oxygen atoms in total. The van der Waals surface area contributed by atoms with Crippen LogP contribution in [0.5, 0.6) is 0 Å². The lowest BCUT2D eigenvalue weighted by Crippen LogP contribution is -2.52. The quantitative estimate of drug-likeness (QED) is 0.719. The van der Waals surface area contributed by atoms with Crippen LogP contribution in [0.4, 0.5) is 0 Å². The van der Waals surface area contributed by atoms with Gasteiger partial charge in [0.25, 0.3) is 0 Å². The molecular formula is C19H26ClN3O2S. The first-order valence-electron chi connectivity index (χ1n) is 9.29. The molecule has 7 heteroatoms. The molecule has 0 radical (unpaired) electrons. The van der Waals surface area contributed by atoms with Gasteiger partial charge in [0.15, 0.2) is 0 Å². The van der Waals surface area contributed by atoms with Crippen molar-refractivity contribution in [2.45, 2.75) is 24.2 Å². The second-order valence-electron chi connectivity index (χ2n) is 6.82. The van der Waals surface area contributed by atoms with Gasteiger partial charge in [-0.1, -0.05) is 23.7 Å². The third-order valence-electron chi connectivity index (χ3n) is 4.98. The van der Waals surface area contributed by atoms with E-state index in [1.165, 1.54) is 18.2 Å². The molecule has 3 rings (SSSR count). The van der Waals surface area contributed by atoms with E-state index in [9.17, 15) is 9.59 Å². The summed E-state index contributed by atoms with van der Waals surface area (Å²) in [6.45, 7) is 5.19. The molecule has 0 aromatic heterocycles. The smallest absolute Gasteiger partial charge is 0.236 e. The fraction of sp³-hybridized carbons (Fsp3) is 0.579. The van der Waals surface area contributed by atoms with Gasteiger partial charge in [-0.05, 0) is 31.4 Å². The lowest BCUT2D eigenvalue weighted by molar-refractivity contribution is -0.134. The number of likely N-dealkylation sites (tertiary alicyclic amines) is 1. The topological polar surface area (TPSA) is 43.9 Å². The number of piperazine rings is 1. The second-order valence-corrected chi connectivity index (χ2v) is 8.24. The van der Waals surface area contributed by atoms with E-state index in [4.69, 9.17) is 11.6 Å². The molecule has 0 bridgehead atoms. The summed E-state index contributed by atoms with van der Waals surface area (Å²) in [7, 11) is 0. The molecule has 0 spiro atoms. The standard InChI is InChI=1S/C19H26ClN3O2S/c20-16-6-2-3-7-17(16)26-15-19(25)23-12-10-21(11-13-23)14-18(24)22-8-4-1-5-9-22/h2-3,6-7H,1,4-5,8-15H2. The molecule has 0 saturated carbocycles. The van der Waals surface area contributed by atoms with Crippen molar-refractivity contribution in [3.63, 3.8) is 0 Å². The van der Waals surface area contributed by atoms with Crippen molar-refractivity contribution >= 4 is 35.2 Å². The Labute approximate surface area is 164 Å². The summed E-state index contributed by atoms with van der Waals surface area (Å²) in [5.41, 5.74) is 0. The Morgan fingerprint density at radius 3 is 2.23 bits per heavy atom. The largest absolute Gasteiger partial charge is 0.342 e. The average molecular weight is 396 g/mol. The van der Waals surface area contributed by atoms with Gasteiger partial charge < -0.3 is 9.80 Å². The van der Waals surface area contributed by atoms with Crippen molar-refractivity contribution < 1.29 is 9.59 Å². The van der Waals surface area contributed by atoms with E-state index in [2.05, 4.69) is 4.90 Å². The summed E-state index contributed by atoms with van der Waals surface area (Å²) in [5, 5.41) is 0.686. The minimum absolute atomic E-state index is 0.136. The number of thioether (sulfide) groups is 1. The van der Waals surface area contributed by atoms with Gasteiger partial charge in [-0.2, -0.15) is 0 Å². The van der Waals surface area contributed by atoms with Crippen molar-refractivity contribution in [3.05, 3.63) is 29.3 Å². The van der Waals surface area contributed by atoms with Gasteiger partial charge in [0.1, 0.15) is 0 Å². The molecule has 0 N–H and O–H groups in total. The summed E-state index contributed by atoms with van der Waals surface area (Å²) in [5.74, 6) is 0.770. The molecule has 2 aliphatic heterocycles. The molecule has 2 fully saturated rings. The number of rotatable bonds is 5. The van der Waals surface area contributed by atoms with Gasteiger partial charge in [0.2, 0.25) is 11.8 Å². The zero-order chi connectivity index (χ0) is 18.4. The average Bonchev–Trinajstić information content (AvgIpc) is 2.68. The monoisotopic (exact) mass is 395 g/mol. The molecule has 1 aromatic rings. The summed E-state index contributed by atoms with van der Waals surface area (Å²) in [6.07, 6.45) is 3.48. The molecule has 2 amide bonds. The Hall–Kier alpha value is -1.24. The van der Waals surface area contributed by atoms with Gasteiger partial charge >= 0.3 is 0 Å². The van der Waals surface area contributed by atoms with Crippen molar-refractivity contribution in [1.82, 2.24) is 14.7 Å². The van der Waals surface area contributed by atoms with Crippen LogP contribution in [0.3, 0.4) is 0 Å². The summed E-state index contributed by atoms with van der Waals surface area (Å²) in [6, 6.07) is 7.59. The fourth-order valence-corrected chi connectivity index (χ4v) is 4.52. The lowest BCUT2D eigenvalue weighted by Gasteiger charge is -2.36. The van der Waals surface area contributed by atoms with Crippen LogP contribution in [0.25, 0.3) is 0 Å². The van der Waals surface area contributed by atoms with E-state index < -0.39 is 0 Å². The van der Waals surface area contributed by atoms with E-state index in [-0.39, 0.29) is 11.8 Å². The predicted octanol–water partition coefficient (Wildman–Crippen LogP) is 2.59. The Morgan fingerprint density at radius 1 is 0.885 bits per heavy atom. The zero-order valence-corrected chi connectivity index (χ0v) is 16.6. The van der Waals surface area contributed by atoms with E-state index in [1.54, 1.807) is 0 Å². The number of amides is 2. The maximum Gasteiger partial charge on any atom is 0.236 e. The van der Waals surface area contributed by atoms with Crippen LogP contribution in [-0.2, 0) is 9.59 Å². The Kier molecular flexibility index (Phi) is 7.23. The maximum atomic E-state index is 12.4. The third kappa shape index (κ3) is 5.38. The number of piperidine rings is 1. The predicted molar refractivity (Wildman–Crippen MR) is 106 cm³/mol. The van der Waals surface area contributed by atoms with Crippen molar-refractivity contribution in [2.24, 2.45) is 0 Å². The van der Waals surface area contributed by atoms with E-state index >= 15 is 0 Å². The van der Waals surface area contributed by atoms with E-state index in [1.807, 2.05) is 34.1 Å². The zero-order valence-electron chi connectivity index (χ0n) is 15.0. The molecule has 142 valence electrons. The number of nitrogens with zero attached hydrogens (tertiary/aromatic N) is 3. The van der Waals surface area contributed by atoms with Crippen LogP contribution in [0.1, 0.15) is 19.3 Å². The van der Waals surface area contributed by atoms with Gasteiger partial charge in [-0.25, -0.2) is 0 Å². The highest BCUT2D eigenvalue weighted by Gasteiger charge is 2.24. The van der Waals surface area contributed by atoms with E-state index in [0.29, 0.717) is 30.4 Å². The second kappa shape index (κ2) is 9.62. The summed E-state index contributed by atoms with van der Waals surface area (Å²) >= 11 is 7.62. The maximum absolute atomic E-state index is 12.4. The highest BCUT2D eigenvalue weighted by atomic mass is 35.5. The number of carbonyl (C=O) groups is 2. The van der Waals surface area contributed by atoms with Gasteiger partial charge in [-0.3, -0.25) is 14.5 Å². The highest BCUT2D eigenvalue weighted by Crippen LogP contribution is 2.26. The van der Waals surface area contributed by atoms with Gasteiger partial charge in [0.05, 0.1) is 17.3 Å². The number of carbonyl (C=O) groups excluding carboxylic acids is 2. The van der Waals surface area contributed by atoms with Crippen molar-refractivity contribution in [1.29, 1.82) is 0 Å². The molecule has 1 aromatic carbocycles.